The minimum Gasteiger partial charge on any atom is -0.0985 e. The number of thiol groups is 1. The predicted octanol–water partition coefficient (Wildman–Crippen LogP) is 2.57. The van der Waals surface area contributed by atoms with Crippen LogP contribution in [0, 0.1) is 11.2 Å². The van der Waals surface area contributed by atoms with E-state index in [1.807, 2.05) is 24.3 Å². The fourth-order valence-electron chi connectivity index (χ4n) is 0.767. The quantitative estimate of drug-likeness (QED) is 0.473. The smallest absolute Gasteiger partial charge is 0.0254 e. The van der Waals surface area contributed by atoms with E-state index in [-0.39, 0.29) is 0 Å². The first-order valence-corrected chi connectivity index (χ1v) is 3.69. The summed E-state index contributed by atoms with van der Waals surface area (Å²) in [6.07, 6.45) is 1.80. The molecule has 0 bridgehead atoms. The van der Waals surface area contributed by atoms with Gasteiger partial charge in [0.05, 0.1) is 0 Å². The van der Waals surface area contributed by atoms with Crippen LogP contribution in [0.5, 0.6) is 0 Å². The van der Waals surface area contributed by atoms with E-state index < -0.39 is 0 Å². The van der Waals surface area contributed by atoms with Crippen LogP contribution >= 0.6 is 12.6 Å². The molecule has 0 fully saturated rings. The molecule has 1 heteroatoms. The van der Waals surface area contributed by atoms with Crippen molar-refractivity contribution in [3.05, 3.63) is 42.0 Å². The van der Waals surface area contributed by atoms with Crippen LogP contribution in [0.3, 0.4) is 0 Å². The molecule has 0 nitrogen and oxygen atoms in total. The Morgan fingerprint density at radius 1 is 1.27 bits per heavy atom. The van der Waals surface area contributed by atoms with E-state index in [2.05, 4.69) is 30.4 Å². The summed E-state index contributed by atoms with van der Waals surface area (Å²) < 4.78 is 0. The summed E-state index contributed by atoms with van der Waals surface area (Å²) in [4.78, 5) is 0. The first-order chi connectivity index (χ1) is 5.36. The predicted molar refractivity (Wildman–Crippen MR) is 52.4 cm³/mol. The van der Waals surface area contributed by atoms with Gasteiger partial charge >= 0.3 is 0 Å². The molecule has 0 radical (unpaired) electrons. The SMILES string of the molecule is C=Cc1ccc(C#CS)cc1. The van der Waals surface area contributed by atoms with Gasteiger partial charge in [0.15, 0.2) is 0 Å². The number of hydrogen-bond donors (Lipinski definition) is 1. The summed E-state index contributed by atoms with van der Waals surface area (Å²) in [5.74, 6) is 2.84. The molecule has 54 valence electrons. The fourth-order valence-corrected chi connectivity index (χ4v) is 0.896. The Hall–Kier alpha value is -1.13. The summed E-state index contributed by atoms with van der Waals surface area (Å²) in [7, 11) is 0. The van der Waals surface area contributed by atoms with Gasteiger partial charge in [0.2, 0.25) is 0 Å². The molecule has 0 aliphatic rings. The van der Waals surface area contributed by atoms with Crippen LogP contribution in [0.4, 0.5) is 0 Å². The van der Waals surface area contributed by atoms with Crippen molar-refractivity contribution in [2.75, 3.05) is 0 Å². The third kappa shape index (κ3) is 2.18. The van der Waals surface area contributed by atoms with Crippen molar-refractivity contribution in [1.82, 2.24) is 0 Å². The highest BCUT2D eigenvalue weighted by Gasteiger charge is 1.85. The van der Waals surface area contributed by atoms with Gasteiger partial charge < -0.3 is 0 Å². The average Bonchev–Trinajstić information content (AvgIpc) is 2.07. The molecular formula is C10H8S. The molecule has 0 spiro atoms. The molecule has 0 amide bonds. The molecular weight excluding hydrogens is 152 g/mol. The maximum Gasteiger partial charge on any atom is 0.0254 e. The summed E-state index contributed by atoms with van der Waals surface area (Å²) in [5.41, 5.74) is 2.08. The molecule has 0 N–H and O–H groups in total. The van der Waals surface area contributed by atoms with E-state index in [1.165, 1.54) is 0 Å². The summed E-state index contributed by atoms with van der Waals surface area (Å²) in [5, 5.41) is 2.54. The largest absolute Gasteiger partial charge is 0.0985 e. The average molecular weight is 160 g/mol. The van der Waals surface area contributed by atoms with E-state index in [0.29, 0.717) is 0 Å². The molecule has 0 unspecified atom stereocenters. The van der Waals surface area contributed by atoms with Gasteiger partial charge in [-0.25, -0.2) is 0 Å². The summed E-state index contributed by atoms with van der Waals surface area (Å²) in [6, 6.07) is 7.83. The lowest BCUT2D eigenvalue weighted by molar-refractivity contribution is 1.62. The fraction of sp³-hybridized carbons (Fsp3) is 0. The monoisotopic (exact) mass is 160 g/mol. The van der Waals surface area contributed by atoms with E-state index in [0.717, 1.165) is 11.1 Å². The molecule has 1 aromatic rings. The van der Waals surface area contributed by atoms with Crippen LogP contribution in [0.1, 0.15) is 11.1 Å². The summed E-state index contributed by atoms with van der Waals surface area (Å²) >= 11 is 3.80. The van der Waals surface area contributed by atoms with Gasteiger partial charge in [-0.05, 0) is 22.9 Å². The zero-order chi connectivity index (χ0) is 8.10. The highest BCUT2D eigenvalue weighted by Crippen LogP contribution is 2.03. The lowest BCUT2D eigenvalue weighted by Gasteiger charge is -1.91. The van der Waals surface area contributed by atoms with E-state index in [4.69, 9.17) is 0 Å². The Labute approximate surface area is 72.4 Å². The van der Waals surface area contributed by atoms with Crippen molar-refractivity contribution in [3.63, 3.8) is 0 Å². The minimum absolute atomic E-state index is 0.977. The van der Waals surface area contributed by atoms with Crippen molar-refractivity contribution in [2.45, 2.75) is 0 Å². The molecule has 0 aromatic heterocycles. The van der Waals surface area contributed by atoms with E-state index in [9.17, 15) is 0 Å². The Morgan fingerprint density at radius 3 is 2.36 bits per heavy atom. The Balaban J connectivity index is 2.97. The molecule has 1 rings (SSSR count). The van der Waals surface area contributed by atoms with Gasteiger partial charge in [0.25, 0.3) is 0 Å². The maximum absolute atomic E-state index is 3.80. The zero-order valence-corrected chi connectivity index (χ0v) is 6.94. The van der Waals surface area contributed by atoms with Crippen LogP contribution in [0.25, 0.3) is 6.08 Å². The molecule has 0 heterocycles. The van der Waals surface area contributed by atoms with Crippen LogP contribution in [0.15, 0.2) is 30.8 Å². The third-order valence-electron chi connectivity index (χ3n) is 1.35. The Morgan fingerprint density at radius 2 is 1.91 bits per heavy atom. The van der Waals surface area contributed by atoms with Gasteiger partial charge in [0, 0.05) is 5.56 Å². The zero-order valence-electron chi connectivity index (χ0n) is 6.04. The third-order valence-corrected chi connectivity index (χ3v) is 1.46. The minimum atomic E-state index is 0.977. The highest BCUT2D eigenvalue weighted by molar-refractivity contribution is 7.85. The molecule has 0 saturated carbocycles. The van der Waals surface area contributed by atoms with Crippen molar-refractivity contribution in [3.8, 4) is 11.2 Å². The first-order valence-electron chi connectivity index (χ1n) is 3.24. The lowest BCUT2D eigenvalue weighted by atomic mass is 10.1. The van der Waals surface area contributed by atoms with Crippen LogP contribution < -0.4 is 0 Å². The second-order valence-corrected chi connectivity index (χ2v) is 2.29. The normalized spacial score (nSPS) is 8.09. The number of benzene rings is 1. The van der Waals surface area contributed by atoms with Gasteiger partial charge in [0.1, 0.15) is 0 Å². The second kappa shape index (κ2) is 3.90. The number of hydrogen-bond acceptors (Lipinski definition) is 1. The molecule has 1 aromatic carbocycles. The van der Waals surface area contributed by atoms with E-state index in [1.54, 1.807) is 6.08 Å². The van der Waals surface area contributed by atoms with Gasteiger partial charge in [-0.15, -0.1) is 0 Å². The lowest BCUT2D eigenvalue weighted by Crippen LogP contribution is -1.73. The van der Waals surface area contributed by atoms with Crippen LogP contribution in [-0.2, 0) is 0 Å². The van der Waals surface area contributed by atoms with Crippen LogP contribution in [-0.4, -0.2) is 0 Å². The molecule has 0 aliphatic heterocycles. The van der Waals surface area contributed by atoms with Gasteiger partial charge in [-0.3, -0.25) is 0 Å². The Kier molecular flexibility index (Phi) is 2.83. The topological polar surface area (TPSA) is 0 Å². The molecule has 11 heavy (non-hydrogen) atoms. The van der Waals surface area contributed by atoms with E-state index >= 15 is 0 Å². The highest BCUT2D eigenvalue weighted by atomic mass is 32.1. The standard InChI is InChI=1S/C10H8S/c1-2-9-3-5-10(6-4-9)7-8-11/h2-6,11H,1H2. The van der Waals surface area contributed by atoms with Crippen molar-refractivity contribution >= 4 is 18.7 Å². The first kappa shape index (κ1) is 7.97. The number of rotatable bonds is 1. The van der Waals surface area contributed by atoms with Crippen molar-refractivity contribution < 1.29 is 0 Å². The van der Waals surface area contributed by atoms with Crippen molar-refractivity contribution in [2.24, 2.45) is 0 Å². The van der Waals surface area contributed by atoms with Gasteiger partial charge in [-0.1, -0.05) is 43.3 Å². The molecule has 0 saturated heterocycles. The van der Waals surface area contributed by atoms with Crippen LogP contribution in [0.2, 0.25) is 0 Å². The maximum atomic E-state index is 3.80. The Bertz CT molecular complexity index is 298. The van der Waals surface area contributed by atoms with Crippen molar-refractivity contribution in [1.29, 1.82) is 0 Å². The van der Waals surface area contributed by atoms with Gasteiger partial charge in [-0.2, -0.15) is 0 Å². The summed E-state index contributed by atoms with van der Waals surface area (Å²) in [6.45, 7) is 3.66. The molecule has 0 aliphatic carbocycles. The second-order valence-electron chi connectivity index (χ2n) is 2.06. The molecule has 0 atom stereocenters.